The zero-order valence-electron chi connectivity index (χ0n) is 6.64. The molecular formula is C7H11N3OS. The van der Waals surface area contributed by atoms with Gasteiger partial charge in [-0.1, -0.05) is 12.8 Å². The van der Waals surface area contributed by atoms with Crippen molar-refractivity contribution in [3.8, 4) is 0 Å². The summed E-state index contributed by atoms with van der Waals surface area (Å²) in [4.78, 5) is 11.5. The molecule has 1 spiro atoms. The maximum Gasteiger partial charge on any atom is 0.248 e. The summed E-state index contributed by atoms with van der Waals surface area (Å²) in [5.41, 5.74) is 5.40. The fourth-order valence-corrected chi connectivity index (χ4v) is 1.96. The zero-order chi connectivity index (χ0) is 8.60. The van der Waals surface area contributed by atoms with Gasteiger partial charge in [-0.3, -0.25) is 10.2 Å². The first kappa shape index (κ1) is 7.94. The third kappa shape index (κ3) is 1.09. The third-order valence-electron chi connectivity index (χ3n) is 2.53. The molecule has 2 fully saturated rings. The van der Waals surface area contributed by atoms with E-state index in [0.29, 0.717) is 5.11 Å². The monoisotopic (exact) mass is 185 g/mol. The predicted molar refractivity (Wildman–Crippen MR) is 48.2 cm³/mol. The Labute approximate surface area is 76.1 Å². The molecule has 0 bridgehead atoms. The number of thiocarbonyl (C=S) groups is 1. The average molecular weight is 185 g/mol. The summed E-state index contributed by atoms with van der Waals surface area (Å²) in [5, 5.41) is 3.00. The van der Waals surface area contributed by atoms with E-state index in [-0.39, 0.29) is 11.4 Å². The number of carbonyl (C=O) groups is 1. The molecule has 66 valence electrons. The Kier molecular flexibility index (Phi) is 1.77. The van der Waals surface area contributed by atoms with Crippen molar-refractivity contribution in [3.05, 3.63) is 0 Å². The maximum absolute atomic E-state index is 11.5. The summed E-state index contributed by atoms with van der Waals surface area (Å²) in [6, 6.07) is 0. The number of hydrogen-bond acceptors (Lipinski definition) is 3. The number of carbonyl (C=O) groups excluding carboxylic acids is 1. The number of nitrogens with one attached hydrogen (secondary N) is 3. The predicted octanol–water partition coefficient (Wildman–Crippen LogP) is -0.192. The molecule has 1 saturated heterocycles. The smallest absolute Gasteiger partial charge is 0.248 e. The molecule has 4 nitrogen and oxygen atoms in total. The zero-order valence-corrected chi connectivity index (χ0v) is 7.46. The first-order chi connectivity index (χ1) is 5.73. The summed E-state index contributed by atoms with van der Waals surface area (Å²) in [5.74, 6) is 0.0174. The fourth-order valence-electron chi connectivity index (χ4n) is 1.82. The van der Waals surface area contributed by atoms with Crippen molar-refractivity contribution in [2.75, 3.05) is 0 Å². The molecule has 0 aromatic rings. The van der Waals surface area contributed by atoms with Gasteiger partial charge in [-0.15, -0.1) is 0 Å². The Morgan fingerprint density at radius 3 is 2.58 bits per heavy atom. The van der Waals surface area contributed by atoms with Crippen LogP contribution in [0.2, 0.25) is 0 Å². The van der Waals surface area contributed by atoms with Crippen molar-refractivity contribution in [1.29, 1.82) is 0 Å². The van der Waals surface area contributed by atoms with E-state index in [1.54, 1.807) is 0 Å². The van der Waals surface area contributed by atoms with Gasteiger partial charge in [0.25, 0.3) is 0 Å². The SMILES string of the molecule is O=C1NC(=S)NNC12CCCC2. The van der Waals surface area contributed by atoms with Crippen LogP contribution in [-0.2, 0) is 4.79 Å². The molecule has 1 saturated carbocycles. The number of hydrazine groups is 1. The summed E-state index contributed by atoms with van der Waals surface area (Å²) in [7, 11) is 0. The van der Waals surface area contributed by atoms with Crippen molar-refractivity contribution in [3.63, 3.8) is 0 Å². The minimum absolute atomic E-state index is 0.0174. The number of hydrogen-bond donors (Lipinski definition) is 3. The third-order valence-corrected chi connectivity index (χ3v) is 2.74. The molecule has 2 aliphatic rings. The molecule has 0 atom stereocenters. The highest BCUT2D eigenvalue weighted by Crippen LogP contribution is 2.30. The van der Waals surface area contributed by atoms with Crippen LogP contribution in [0.25, 0.3) is 0 Å². The summed E-state index contributed by atoms with van der Waals surface area (Å²) >= 11 is 4.80. The Hall–Kier alpha value is -0.680. The van der Waals surface area contributed by atoms with Crippen LogP contribution in [0.1, 0.15) is 25.7 Å². The number of amides is 1. The van der Waals surface area contributed by atoms with Crippen molar-refractivity contribution < 1.29 is 4.79 Å². The van der Waals surface area contributed by atoms with Gasteiger partial charge in [0.05, 0.1) is 0 Å². The van der Waals surface area contributed by atoms with Crippen LogP contribution in [0.4, 0.5) is 0 Å². The van der Waals surface area contributed by atoms with E-state index in [2.05, 4.69) is 16.2 Å². The molecular weight excluding hydrogens is 174 g/mol. The molecule has 2 rings (SSSR count). The van der Waals surface area contributed by atoms with Gasteiger partial charge in [-0.2, -0.15) is 0 Å². The van der Waals surface area contributed by atoms with Crippen molar-refractivity contribution in [2.45, 2.75) is 31.2 Å². The van der Waals surface area contributed by atoms with Crippen LogP contribution in [0.3, 0.4) is 0 Å². The lowest BCUT2D eigenvalue weighted by Gasteiger charge is -2.34. The average Bonchev–Trinajstić information content (AvgIpc) is 2.48. The van der Waals surface area contributed by atoms with Crippen LogP contribution in [0.15, 0.2) is 0 Å². The van der Waals surface area contributed by atoms with Crippen LogP contribution in [0.5, 0.6) is 0 Å². The van der Waals surface area contributed by atoms with E-state index in [9.17, 15) is 4.79 Å². The van der Waals surface area contributed by atoms with Gasteiger partial charge < -0.3 is 5.32 Å². The van der Waals surface area contributed by atoms with Crippen LogP contribution < -0.4 is 16.2 Å². The van der Waals surface area contributed by atoms with E-state index >= 15 is 0 Å². The van der Waals surface area contributed by atoms with E-state index in [1.165, 1.54) is 0 Å². The Bertz CT molecular complexity index is 235. The largest absolute Gasteiger partial charge is 0.300 e. The van der Waals surface area contributed by atoms with Crippen molar-refractivity contribution in [2.24, 2.45) is 0 Å². The second kappa shape index (κ2) is 2.67. The lowest BCUT2D eigenvalue weighted by molar-refractivity contribution is -0.127. The molecule has 0 unspecified atom stereocenters. The summed E-state index contributed by atoms with van der Waals surface area (Å²) < 4.78 is 0. The van der Waals surface area contributed by atoms with Gasteiger partial charge >= 0.3 is 0 Å². The molecule has 5 heteroatoms. The Morgan fingerprint density at radius 2 is 2.00 bits per heavy atom. The first-order valence-electron chi connectivity index (χ1n) is 4.12. The minimum atomic E-state index is -0.387. The molecule has 1 heterocycles. The van der Waals surface area contributed by atoms with E-state index in [1.807, 2.05) is 0 Å². The maximum atomic E-state index is 11.5. The van der Waals surface area contributed by atoms with E-state index in [4.69, 9.17) is 12.2 Å². The second-order valence-electron chi connectivity index (χ2n) is 3.32. The molecule has 12 heavy (non-hydrogen) atoms. The molecule has 1 aliphatic heterocycles. The molecule has 1 aliphatic carbocycles. The Balaban J connectivity index is 2.16. The van der Waals surface area contributed by atoms with Gasteiger partial charge in [-0.25, -0.2) is 5.43 Å². The lowest BCUT2D eigenvalue weighted by atomic mass is 9.97. The van der Waals surface area contributed by atoms with Crippen molar-refractivity contribution in [1.82, 2.24) is 16.2 Å². The van der Waals surface area contributed by atoms with Gasteiger partial charge in [0, 0.05) is 0 Å². The molecule has 0 radical (unpaired) electrons. The highest BCUT2D eigenvalue weighted by molar-refractivity contribution is 7.80. The Morgan fingerprint density at radius 1 is 1.33 bits per heavy atom. The van der Waals surface area contributed by atoms with Crippen LogP contribution in [0, 0.1) is 0 Å². The quantitative estimate of drug-likeness (QED) is 0.458. The van der Waals surface area contributed by atoms with Crippen LogP contribution >= 0.6 is 12.2 Å². The molecule has 3 N–H and O–H groups in total. The van der Waals surface area contributed by atoms with Crippen LogP contribution in [-0.4, -0.2) is 16.6 Å². The van der Waals surface area contributed by atoms with Gasteiger partial charge in [0.15, 0.2) is 5.11 Å². The highest BCUT2D eigenvalue weighted by Gasteiger charge is 2.43. The molecule has 0 aromatic carbocycles. The summed E-state index contributed by atoms with van der Waals surface area (Å²) in [6.07, 6.45) is 4.01. The van der Waals surface area contributed by atoms with Crippen molar-refractivity contribution >= 4 is 23.2 Å². The van der Waals surface area contributed by atoms with Gasteiger partial charge in [0.2, 0.25) is 5.91 Å². The van der Waals surface area contributed by atoms with E-state index in [0.717, 1.165) is 25.7 Å². The van der Waals surface area contributed by atoms with Gasteiger partial charge in [0.1, 0.15) is 5.54 Å². The lowest BCUT2D eigenvalue weighted by Crippen LogP contribution is -2.69. The number of rotatable bonds is 0. The molecule has 1 amide bonds. The minimum Gasteiger partial charge on any atom is -0.300 e. The van der Waals surface area contributed by atoms with Gasteiger partial charge in [-0.05, 0) is 25.1 Å². The van der Waals surface area contributed by atoms with E-state index < -0.39 is 0 Å². The first-order valence-corrected chi connectivity index (χ1v) is 4.52. The fraction of sp³-hybridized carbons (Fsp3) is 0.714. The topological polar surface area (TPSA) is 53.2 Å². The molecule has 0 aromatic heterocycles. The second-order valence-corrected chi connectivity index (χ2v) is 3.73. The highest BCUT2D eigenvalue weighted by atomic mass is 32.1. The summed E-state index contributed by atoms with van der Waals surface area (Å²) in [6.45, 7) is 0. The normalized spacial score (nSPS) is 27.0. The standard InChI is InChI=1S/C7H11N3OS/c11-5-7(3-1-2-4-7)10-9-6(12)8-5/h10H,1-4H2,(H2,8,9,11,12).